The van der Waals surface area contributed by atoms with Crippen molar-refractivity contribution in [3.63, 3.8) is 0 Å². The summed E-state index contributed by atoms with van der Waals surface area (Å²) < 4.78 is 0. The topological polar surface area (TPSA) is 132 Å². The lowest BCUT2D eigenvalue weighted by molar-refractivity contribution is -0.150. The van der Waals surface area contributed by atoms with Gasteiger partial charge in [0.25, 0.3) is 0 Å². The summed E-state index contributed by atoms with van der Waals surface area (Å²) in [5.41, 5.74) is -3.80. The number of hydrogen-bond acceptors (Lipinski definition) is 7. The number of aliphatic hydroxyl groups is 4. The van der Waals surface area contributed by atoms with E-state index in [-0.39, 0.29) is 35.6 Å². The number of rotatable bonds is 10. The molecular weight excluding hydrogens is 472 g/mol. The van der Waals surface area contributed by atoms with Crippen molar-refractivity contribution in [1.29, 1.82) is 0 Å². The third-order valence-electron chi connectivity index (χ3n) is 8.78. The molecule has 0 saturated heterocycles. The SMILES string of the molecule is C[C@@H](CC/C=C1\CC=C(O)C(=O)C1(C)C)C(=O)CC1(C)[C@@H](C(C)(O)C(=O)/C=C/C(C)(C)O)[C@@H](O)C[C@@H]1C. The predicted octanol–water partition coefficient (Wildman–Crippen LogP) is 4.40. The first kappa shape index (κ1) is 31.1. The van der Waals surface area contributed by atoms with E-state index in [1.165, 1.54) is 32.9 Å². The Kier molecular flexibility index (Phi) is 9.21. The van der Waals surface area contributed by atoms with Crippen LogP contribution in [-0.4, -0.2) is 55.1 Å². The predicted molar refractivity (Wildman–Crippen MR) is 143 cm³/mol. The van der Waals surface area contributed by atoms with Crippen LogP contribution in [0.15, 0.2) is 35.6 Å². The van der Waals surface area contributed by atoms with Gasteiger partial charge in [0, 0.05) is 18.3 Å². The van der Waals surface area contributed by atoms with Gasteiger partial charge in [-0.15, -0.1) is 0 Å². The summed E-state index contributed by atoms with van der Waals surface area (Å²) in [7, 11) is 0. The zero-order valence-corrected chi connectivity index (χ0v) is 23.7. The van der Waals surface area contributed by atoms with Crippen LogP contribution in [-0.2, 0) is 14.4 Å². The number of Topliss-reactive ketones (excluding diaryl/α,β-unsaturated/α-hetero) is 2. The van der Waals surface area contributed by atoms with Crippen LogP contribution in [0.3, 0.4) is 0 Å². The van der Waals surface area contributed by atoms with Crippen LogP contribution in [0.5, 0.6) is 0 Å². The van der Waals surface area contributed by atoms with Crippen LogP contribution >= 0.6 is 0 Å². The first-order chi connectivity index (χ1) is 16.7. The van der Waals surface area contributed by atoms with E-state index in [2.05, 4.69) is 0 Å². The van der Waals surface area contributed by atoms with Gasteiger partial charge in [0.05, 0.1) is 17.1 Å². The lowest BCUT2D eigenvalue weighted by atomic mass is 9.63. The molecule has 1 saturated carbocycles. The van der Waals surface area contributed by atoms with Gasteiger partial charge in [-0.3, -0.25) is 14.4 Å². The normalized spacial score (nSPS) is 31.9. The monoisotopic (exact) mass is 518 g/mol. The smallest absolute Gasteiger partial charge is 0.206 e. The highest BCUT2D eigenvalue weighted by Gasteiger charge is 2.59. The van der Waals surface area contributed by atoms with Crippen LogP contribution in [0.1, 0.15) is 87.5 Å². The first-order valence-electron chi connectivity index (χ1n) is 13.3. The summed E-state index contributed by atoms with van der Waals surface area (Å²) in [6.45, 7) is 13.7. The van der Waals surface area contributed by atoms with Crippen molar-refractivity contribution < 1.29 is 34.8 Å². The van der Waals surface area contributed by atoms with E-state index in [4.69, 9.17) is 0 Å². The van der Waals surface area contributed by atoms with Crippen molar-refractivity contribution in [3.8, 4) is 0 Å². The second kappa shape index (κ2) is 11.0. The Labute approximate surface area is 221 Å². The fourth-order valence-electron chi connectivity index (χ4n) is 5.99. The highest BCUT2D eigenvalue weighted by atomic mass is 16.3. The standard InChI is InChI=1S/C30H46O7/c1-18(10-9-11-20-12-13-21(31)26(35)28(20,5)6)23(33)17-29(7)19(2)16-22(32)25(29)30(8,37)24(34)14-15-27(3,4)36/h11,13-15,18-19,22,25,31-32,36-37H,9-10,12,16-17H2,1-8H3/b15-14+,20-11+/t18-,19-,22-,25-,29?,30?/m0/s1. The lowest BCUT2D eigenvalue weighted by Crippen LogP contribution is -2.52. The van der Waals surface area contributed by atoms with Gasteiger partial charge in [0.2, 0.25) is 5.78 Å². The zero-order chi connectivity index (χ0) is 28.6. The average Bonchev–Trinajstić information content (AvgIpc) is 2.99. The second-order valence-electron chi connectivity index (χ2n) is 12.8. The molecule has 0 aromatic heterocycles. The maximum absolute atomic E-state index is 13.3. The number of hydrogen-bond donors (Lipinski definition) is 4. The van der Waals surface area contributed by atoms with Crippen molar-refractivity contribution in [1.82, 2.24) is 0 Å². The number of carbonyl (C=O) groups excluding carboxylic acids is 3. The summed E-state index contributed by atoms with van der Waals surface area (Å²) in [5, 5.41) is 41.9. The minimum atomic E-state index is -1.91. The number of allylic oxidation sites excluding steroid dienone is 4. The highest BCUT2D eigenvalue weighted by molar-refractivity contribution is 6.00. The molecule has 0 aliphatic heterocycles. The maximum Gasteiger partial charge on any atom is 0.206 e. The summed E-state index contributed by atoms with van der Waals surface area (Å²) in [5.74, 6) is -2.36. The van der Waals surface area contributed by atoms with E-state index in [9.17, 15) is 34.8 Å². The summed E-state index contributed by atoms with van der Waals surface area (Å²) in [4.78, 5) is 38.6. The zero-order valence-electron chi connectivity index (χ0n) is 23.7. The van der Waals surface area contributed by atoms with E-state index in [0.29, 0.717) is 25.7 Å². The van der Waals surface area contributed by atoms with Crippen LogP contribution in [0.4, 0.5) is 0 Å². The lowest BCUT2D eigenvalue weighted by Gasteiger charge is -2.43. The van der Waals surface area contributed by atoms with Crippen LogP contribution in [0.2, 0.25) is 0 Å². The van der Waals surface area contributed by atoms with E-state index in [0.717, 1.165) is 11.6 Å². The van der Waals surface area contributed by atoms with Gasteiger partial charge in [-0.25, -0.2) is 0 Å². The van der Waals surface area contributed by atoms with Gasteiger partial charge in [-0.05, 0) is 83.8 Å². The highest BCUT2D eigenvalue weighted by Crippen LogP contribution is 2.55. The van der Waals surface area contributed by atoms with E-state index < -0.39 is 39.8 Å². The average molecular weight is 519 g/mol. The maximum atomic E-state index is 13.3. The number of ketones is 3. The van der Waals surface area contributed by atoms with Gasteiger partial charge < -0.3 is 20.4 Å². The molecule has 4 N–H and O–H groups in total. The number of carbonyl (C=O) groups is 3. The molecular formula is C30H46O7. The van der Waals surface area contributed by atoms with Gasteiger partial charge in [-0.2, -0.15) is 0 Å². The largest absolute Gasteiger partial charge is 0.505 e. The molecule has 2 rings (SSSR count). The van der Waals surface area contributed by atoms with Crippen molar-refractivity contribution >= 4 is 17.3 Å². The third kappa shape index (κ3) is 6.68. The first-order valence-corrected chi connectivity index (χ1v) is 13.3. The van der Waals surface area contributed by atoms with Crippen molar-refractivity contribution in [2.24, 2.45) is 28.6 Å². The molecule has 0 heterocycles. The van der Waals surface area contributed by atoms with Crippen molar-refractivity contribution in [2.45, 2.75) is 105 Å². The number of aliphatic hydroxyl groups excluding tert-OH is 2. The van der Waals surface area contributed by atoms with Crippen LogP contribution in [0.25, 0.3) is 0 Å². The minimum absolute atomic E-state index is 0.00125. The Bertz CT molecular complexity index is 992. The van der Waals surface area contributed by atoms with Crippen molar-refractivity contribution in [3.05, 3.63) is 35.6 Å². The summed E-state index contributed by atoms with van der Waals surface area (Å²) >= 11 is 0. The Morgan fingerprint density at radius 2 is 1.78 bits per heavy atom. The molecule has 7 heteroatoms. The molecule has 6 atom stereocenters. The fourth-order valence-corrected chi connectivity index (χ4v) is 5.99. The molecule has 2 unspecified atom stereocenters. The summed E-state index contributed by atoms with van der Waals surface area (Å²) in [6, 6.07) is 0. The van der Waals surface area contributed by atoms with Gasteiger partial charge >= 0.3 is 0 Å². The van der Waals surface area contributed by atoms with Crippen molar-refractivity contribution in [2.75, 3.05) is 0 Å². The molecule has 208 valence electrons. The molecule has 0 amide bonds. The van der Waals surface area contributed by atoms with E-state index in [1.54, 1.807) is 13.8 Å². The summed E-state index contributed by atoms with van der Waals surface area (Å²) in [6.07, 6.45) is 7.18. The molecule has 0 aromatic carbocycles. The Morgan fingerprint density at radius 1 is 1.19 bits per heavy atom. The van der Waals surface area contributed by atoms with Crippen LogP contribution in [0, 0.1) is 28.6 Å². The molecule has 37 heavy (non-hydrogen) atoms. The molecule has 1 fully saturated rings. The molecule has 7 nitrogen and oxygen atoms in total. The third-order valence-corrected chi connectivity index (χ3v) is 8.78. The minimum Gasteiger partial charge on any atom is -0.505 e. The Balaban J connectivity index is 2.16. The van der Waals surface area contributed by atoms with Gasteiger partial charge in [0.1, 0.15) is 11.4 Å². The molecule has 0 radical (unpaired) electrons. The fraction of sp³-hybridized carbons (Fsp3) is 0.700. The Hall–Kier alpha value is -2.09. The molecule has 0 spiro atoms. The van der Waals surface area contributed by atoms with Gasteiger partial charge in [0.15, 0.2) is 11.5 Å². The molecule has 0 aromatic rings. The molecule has 2 aliphatic carbocycles. The van der Waals surface area contributed by atoms with E-state index >= 15 is 0 Å². The molecule has 0 bridgehead atoms. The van der Waals surface area contributed by atoms with Gasteiger partial charge in [-0.1, -0.05) is 38.5 Å². The van der Waals surface area contributed by atoms with Crippen LogP contribution < -0.4 is 0 Å². The Morgan fingerprint density at radius 3 is 2.35 bits per heavy atom. The molecule has 2 aliphatic rings. The quantitative estimate of drug-likeness (QED) is 0.249. The van der Waals surface area contributed by atoms with E-state index in [1.807, 2.05) is 26.8 Å². The second-order valence-corrected chi connectivity index (χ2v) is 12.8.